The van der Waals surface area contributed by atoms with Crippen molar-refractivity contribution in [1.29, 1.82) is 0 Å². The molecule has 0 aliphatic heterocycles. The molecule has 0 aromatic heterocycles. The van der Waals surface area contributed by atoms with Gasteiger partial charge in [-0.3, -0.25) is 0 Å². The van der Waals surface area contributed by atoms with Crippen LogP contribution >= 0.6 is 0 Å². The van der Waals surface area contributed by atoms with Gasteiger partial charge in [0.15, 0.2) is 0 Å². The largest absolute Gasteiger partial charge is 0.383 e. The van der Waals surface area contributed by atoms with Gasteiger partial charge in [0.2, 0.25) is 0 Å². The Bertz CT molecular complexity index is 357. The van der Waals surface area contributed by atoms with E-state index < -0.39 is 0 Å². The molecular formula is C13H21FN2O. The van der Waals surface area contributed by atoms with Crippen LogP contribution in [0.5, 0.6) is 0 Å². The lowest BCUT2D eigenvalue weighted by Gasteiger charge is -2.31. The first kappa shape index (κ1) is 13.9. The Morgan fingerprint density at radius 3 is 2.71 bits per heavy atom. The van der Waals surface area contributed by atoms with Crippen LogP contribution in [-0.4, -0.2) is 26.3 Å². The van der Waals surface area contributed by atoms with E-state index in [1.807, 2.05) is 0 Å². The summed E-state index contributed by atoms with van der Waals surface area (Å²) >= 11 is 0. The first-order chi connectivity index (χ1) is 8.13. The van der Waals surface area contributed by atoms with Crippen LogP contribution in [-0.2, 0) is 11.3 Å². The van der Waals surface area contributed by atoms with Crippen molar-refractivity contribution >= 4 is 5.69 Å². The van der Waals surface area contributed by atoms with Gasteiger partial charge in [-0.2, -0.15) is 0 Å². The summed E-state index contributed by atoms with van der Waals surface area (Å²) in [5.74, 6) is -0.246. The summed E-state index contributed by atoms with van der Waals surface area (Å²) in [4.78, 5) is 2.17. The zero-order valence-electron chi connectivity index (χ0n) is 10.7. The average Bonchev–Trinajstić information content (AvgIpc) is 2.32. The lowest BCUT2D eigenvalue weighted by Crippen LogP contribution is -2.37. The Hall–Kier alpha value is -1.13. The number of halogens is 1. The van der Waals surface area contributed by atoms with E-state index in [0.29, 0.717) is 13.2 Å². The molecule has 0 heterocycles. The Labute approximate surface area is 102 Å². The molecule has 1 aromatic rings. The number of nitrogens with zero attached hydrogens (tertiary/aromatic N) is 1. The van der Waals surface area contributed by atoms with E-state index >= 15 is 0 Å². The van der Waals surface area contributed by atoms with Crippen LogP contribution < -0.4 is 10.6 Å². The quantitative estimate of drug-likeness (QED) is 0.828. The summed E-state index contributed by atoms with van der Waals surface area (Å²) in [6, 6.07) is 4.99. The van der Waals surface area contributed by atoms with Gasteiger partial charge in [-0.25, -0.2) is 4.39 Å². The van der Waals surface area contributed by atoms with Gasteiger partial charge in [0, 0.05) is 31.9 Å². The molecule has 0 fully saturated rings. The summed E-state index contributed by atoms with van der Waals surface area (Å²) in [5, 5.41) is 0. The predicted octanol–water partition coefficient (Wildman–Crippen LogP) is 2.15. The number of methoxy groups -OCH3 is 1. The summed E-state index contributed by atoms with van der Waals surface area (Å²) in [5.41, 5.74) is 7.48. The van der Waals surface area contributed by atoms with Gasteiger partial charge in [0.05, 0.1) is 6.61 Å². The summed E-state index contributed by atoms with van der Waals surface area (Å²) in [7, 11) is 1.68. The Kier molecular flexibility index (Phi) is 5.38. The van der Waals surface area contributed by atoms with Crippen molar-refractivity contribution in [3.8, 4) is 0 Å². The molecule has 1 aromatic carbocycles. The van der Waals surface area contributed by atoms with Gasteiger partial charge >= 0.3 is 0 Å². The van der Waals surface area contributed by atoms with Crippen molar-refractivity contribution in [2.45, 2.75) is 26.4 Å². The molecule has 0 bridgehead atoms. The third kappa shape index (κ3) is 3.41. The Morgan fingerprint density at radius 1 is 1.47 bits per heavy atom. The summed E-state index contributed by atoms with van der Waals surface area (Å²) in [6.07, 6.45) is 0. The van der Waals surface area contributed by atoms with Crippen molar-refractivity contribution < 1.29 is 9.13 Å². The first-order valence-electron chi connectivity index (χ1n) is 5.88. The van der Waals surface area contributed by atoms with Crippen LogP contribution in [0, 0.1) is 5.82 Å². The maximum Gasteiger partial charge on any atom is 0.123 e. The van der Waals surface area contributed by atoms with E-state index in [2.05, 4.69) is 18.7 Å². The van der Waals surface area contributed by atoms with E-state index in [9.17, 15) is 4.39 Å². The second-order valence-corrected chi connectivity index (χ2v) is 4.07. The fourth-order valence-corrected chi connectivity index (χ4v) is 2.05. The summed E-state index contributed by atoms with van der Waals surface area (Å²) < 4.78 is 18.3. The van der Waals surface area contributed by atoms with Crippen LogP contribution in [0.1, 0.15) is 19.4 Å². The Balaban J connectivity index is 3.02. The molecule has 0 saturated carbocycles. The summed E-state index contributed by atoms with van der Waals surface area (Å²) in [6.45, 7) is 5.95. The standard InChI is InChI=1S/C13H21FN2O/c1-4-16(10(2)9-17-3)13-6-5-12(14)7-11(13)8-15/h5-7,10H,4,8-9,15H2,1-3H3. The number of hydrogen-bond donors (Lipinski definition) is 1. The first-order valence-corrected chi connectivity index (χ1v) is 5.88. The van der Waals surface area contributed by atoms with E-state index in [4.69, 9.17) is 10.5 Å². The van der Waals surface area contributed by atoms with Crippen LogP contribution in [0.3, 0.4) is 0 Å². The number of rotatable bonds is 6. The fourth-order valence-electron chi connectivity index (χ4n) is 2.05. The topological polar surface area (TPSA) is 38.5 Å². The highest BCUT2D eigenvalue weighted by molar-refractivity contribution is 5.54. The normalized spacial score (nSPS) is 12.5. The van der Waals surface area contributed by atoms with Crippen molar-refractivity contribution in [3.05, 3.63) is 29.6 Å². The molecule has 1 rings (SSSR count). The van der Waals surface area contributed by atoms with Crippen LogP contribution in [0.2, 0.25) is 0 Å². The Morgan fingerprint density at radius 2 is 2.18 bits per heavy atom. The molecule has 1 unspecified atom stereocenters. The van der Waals surface area contributed by atoms with Gasteiger partial charge in [-0.15, -0.1) is 0 Å². The number of anilines is 1. The van der Waals surface area contributed by atoms with Gasteiger partial charge in [0.25, 0.3) is 0 Å². The molecule has 17 heavy (non-hydrogen) atoms. The third-order valence-electron chi connectivity index (χ3n) is 2.85. The second-order valence-electron chi connectivity index (χ2n) is 4.07. The maximum atomic E-state index is 13.2. The molecule has 3 nitrogen and oxygen atoms in total. The number of hydrogen-bond acceptors (Lipinski definition) is 3. The van der Waals surface area contributed by atoms with Crippen molar-refractivity contribution in [1.82, 2.24) is 0 Å². The minimum atomic E-state index is -0.246. The van der Waals surface area contributed by atoms with E-state index in [1.54, 1.807) is 13.2 Å². The molecule has 0 radical (unpaired) electrons. The molecule has 96 valence electrons. The molecule has 4 heteroatoms. The number of likely N-dealkylation sites (N-methyl/N-ethyl adjacent to an activating group) is 1. The zero-order valence-corrected chi connectivity index (χ0v) is 10.7. The van der Waals surface area contributed by atoms with Crippen LogP contribution in [0.25, 0.3) is 0 Å². The third-order valence-corrected chi connectivity index (χ3v) is 2.85. The molecule has 0 saturated heterocycles. The maximum absolute atomic E-state index is 13.2. The number of ether oxygens (including phenoxy) is 1. The number of benzene rings is 1. The molecule has 2 N–H and O–H groups in total. The van der Waals surface area contributed by atoms with Gasteiger partial charge in [0.1, 0.15) is 5.82 Å². The predicted molar refractivity (Wildman–Crippen MR) is 68.6 cm³/mol. The lowest BCUT2D eigenvalue weighted by molar-refractivity contribution is 0.182. The second kappa shape index (κ2) is 6.57. The average molecular weight is 240 g/mol. The van der Waals surface area contributed by atoms with Gasteiger partial charge < -0.3 is 15.4 Å². The fraction of sp³-hybridized carbons (Fsp3) is 0.538. The minimum Gasteiger partial charge on any atom is -0.383 e. The molecule has 0 amide bonds. The lowest BCUT2D eigenvalue weighted by atomic mass is 10.1. The van der Waals surface area contributed by atoms with Crippen molar-refractivity contribution in [2.24, 2.45) is 5.73 Å². The monoisotopic (exact) mass is 240 g/mol. The highest BCUT2D eigenvalue weighted by Crippen LogP contribution is 2.23. The van der Waals surface area contributed by atoms with Crippen LogP contribution in [0.15, 0.2) is 18.2 Å². The van der Waals surface area contributed by atoms with E-state index in [0.717, 1.165) is 17.8 Å². The molecular weight excluding hydrogens is 219 g/mol. The molecule has 0 spiro atoms. The highest BCUT2D eigenvalue weighted by atomic mass is 19.1. The molecule has 0 aliphatic rings. The smallest absolute Gasteiger partial charge is 0.123 e. The number of nitrogens with two attached hydrogens (primary N) is 1. The zero-order chi connectivity index (χ0) is 12.8. The minimum absolute atomic E-state index is 0.237. The SMILES string of the molecule is CCN(c1ccc(F)cc1CN)C(C)COC. The van der Waals surface area contributed by atoms with Crippen LogP contribution in [0.4, 0.5) is 10.1 Å². The van der Waals surface area contributed by atoms with Gasteiger partial charge in [-0.1, -0.05) is 0 Å². The van der Waals surface area contributed by atoms with Gasteiger partial charge in [-0.05, 0) is 37.6 Å². The van der Waals surface area contributed by atoms with Crippen molar-refractivity contribution in [3.63, 3.8) is 0 Å². The van der Waals surface area contributed by atoms with E-state index in [-0.39, 0.29) is 11.9 Å². The van der Waals surface area contributed by atoms with Crippen molar-refractivity contribution in [2.75, 3.05) is 25.2 Å². The van der Waals surface area contributed by atoms with E-state index in [1.165, 1.54) is 12.1 Å². The molecule has 0 aliphatic carbocycles. The molecule has 1 atom stereocenters. The highest BCUT2D eigenvalue weighted by Gasteiger charge is 2.15.